The Morgan fingerprint density at radius 1 is 1.57 bits per heavy atom. The molecule has 0 saturated heterocycles. The Hall–Kier alpha value is -1.22. The van der Waals surface area contributed by atoms with Crippen LogP contribution in [-0.4, -0.2) is 21.3 Å². The first-order chi connectivity index (χ1) is 6.56. The van der Waals surface area contributed by atoms with E-state index >= 15 is 0 Å². The van der Waals surface area contributed by atoms with Crippen LogP contribution in [0, 0.1) is 17.1 Å². The molecule has 0 aromatic carbocycles. The van der Waals surface area contributed by atoms with Gasteiger partial charge in [0.1, 0.15) is 17.1 Å². The summed E-state index contributed by atoms with van der Waals surface area (Å²) in [6.07, 6.45) is -2.51. The third-order valence-corrected chi connectivity index (χ3v) is 1.81. The molecule has 0 saturated carbocycles. The first kappa shape index (κ1) is 10.9. The van der Waals surface area contributed by atoms with Crippen LogP contribution in [0.1, 0.15) is 11.7 Å². The smallest absolute Gasteiger partial charge is 0.170 e. The molecule has 0 fully saturated rings. The van der Waals surface area contributed by atoms with Crippen LogP contribution in [0.5, 0.6) is 0 Å². The maximum atomic E-state index is 13.0. The van der Waals surface area contributed by atoms with Crippen LogP contribution in [0.15, 0.2) is 12.3 Å². The molecule has 1 rings (SSSR count). The van der Waals surface area contributed by atoms with Crippen molar-refractivity contribution in [3.8, 4) is 6.07 Å². The Bertz CT molecular complexity index is 380. The molecular weight excluding hydrogens is 211 g/mol. The van der Waals surface area contributed by atoms with Crippen molar-refractivity contribution in [2.24, 2.45) is 0 Å². The van der Waals surface area contributed by atoms with Crippen molar-refractivity contribution in [3.05, 3.63) is 28.8 Å². The van der Waals surface area contributed by atoms with Crippen molar-refractivity contribution in [1.29, 1.82) is 5.26 Å². The van der Waals surface area contributed by atoms with Gasteiger partial charge in [0.15, 0.2) is 6.10 Å². The number of rotatable bonds is 2. The Morgan fingerprint density at radius 2 is 2.21 bits per heavy atom. The summed E-state index contributed by atoms with van der Waals surface area (Å²) in [5.74, 6) is -0.823. The number of hydrogen-bond donors (Lipinski definition) is 2. The molecule has 6 heteroatoms. The summed E-state index contributed by atoms with van der Waals surface area (Å²) in [7, 11) is 0. The number of halogens is 2. The number of aliphatic hydroxyl groups is 2. The Kier molecular flexibility index (Phi) is 3.36. The van der Waals surface area contributed by atoms with Crippen molar-refractivity contribution in [2.75, 3.05) is 0 Å². The van der Waals surface area contributed by atoms with E-state index in [2.05, 4.69) is 4.98 Å². The quantitative estimate of drug-likeness (QED) is 0.566. The van der Waals surface area contributed by atoms with Crippen molar-refractivity contribution in [3.63, 3.8) is 0 Å². The van der Waals surface area contributed by atoms with Gasteiger partial charge in [-0.25, -0.2) is 9.37 Å². The summed E-state index contributed by atoms with van der Waals surface area (Å²) in [5, 5.41) is 26.5. The van der Waals surface area contributed by atoms with Crippen molar-refractivity contribution in [1.82, 2.24) is 4.98 Å². The molecule has 0 aliphatic heterocycles. The molecular formula is C8H6ClFN2O2. The summed E-state index contributed by atoms with van der Waals surface area (Å²) < 4.78 is 13.0. The molecule has 14 heavy (non-hydrogen) atoms. The molecule has 0 aliphatic rings. The van der Waals surface area contributed by atoms with Gasteiger partial charge in [0.05, 0.1) is 12.3 Å². The second-order valence-electron chi connectivity index (χ2n) is 2.55. The number of aromatic nitrogens is 1. The summed E-state index contributed by atoms with van der Waals surface area (Å²) in [5.41, 5.74) is -0.251. The highest BCUT2D eigenvalue weighted by molar-refractivity contribution is 6.29. The van der Waals surface area contributed by atoms with Gasteiger partial charge in [-0.15, -0.1) is 0 Å². The van der Waals surface area contributed by atoms with E-state index in [9.17, 15) is 9.50 Å². The molecule has 74 valence electrons. The van der Waals surface area contributed by atoms with E-state index in [-0.39, 0.29) is 10.7 Å². The van der Waals surface area contributed by atoms with Crippen LogP contribution in [0.25, 0.3) is 0 Å². The average molecular weight is 217 g/mol. The second-order valence-corrected chi connectivity index (χ2v) is 2.93. The number of aliphatic hydroxyl groups excluding tert-OH is 2. The largest absolute Gasteiger partial charge is 0.384 e. The summed E-state index contributed by atoms with van der Waals surface area (Å²) >= 11 is 5.46. The Morgan fingerprint density at radius 3 is 2.79 bits per heavy atom. The molecule has 1 heterocycles. The number of nitrogens with zero attached hydrogens (tertiary/aromatic N) is 2. The predicted octanol–water partition coefficient (Wildman–Crippen LogP) is 0.792. The van der Waals surface area contributed by atoms with Crippen LogP contribution in [0.2, 0.25) is 5.15 Å². The fourth-order valence-corrected chi connectivity index (χ4v) is 1.06. The van der Waals surface area contributed by atoms with Crippen LogP contribution < -0.4 is 0 Å². The van der Waals surface area contributed by atoms with Crippen LogP contribution in [0.3, 0.4) is 0 Å². The minimum absolute atomic E-state index is 0.0226. The molecule has 0 spiro atoms. The third kappa shape index (κ3) is 2.17. The molecule has 0 bridgehead atoms. The first-order valence-corrected chi connectivity index (χ1v) is 4.00. The highest BCUT2D eigenvalue weighted by atomic mass is 35.5. The fraction of sp³-hybridized carbons (Fsp3) is 0.250. The molecule has 1 aromatic rings. The summed E-state index contributed by atoms with van der Waals surface area (Å²) in [6, 6.07) is 2.44. The van der Waals surface area contributed by atoms with Gasteiger partial charge < -0.3 is 10.2 Å². The van der Waals surface area contributed by atoms with E-state index in [0.717, 1.165) is 12.3 Å². The molecule has 0 amide bonds. The zero-order valence-corrected chi connectivity index (χ0v) is 7.61. The van der Waals surface area contributed by atoms with Crippen LogP contribution >= 0.6 is 11.6 Å². The monoisotopic (exact) mass is 216 g/mol. The van der Waals surface area contributed by atoms with Crippen molar-refractivity contribution >= 4 is 11.6 Å². The van der Waals surface area contributed by atoms with Gasteiger partial charge in [-0.1, -0.05) is 11.6 Å². The minimum Gasteiger partial charge on any atom is -0.384 e. The summed E-state index contributed by atoms with van der Waals surface area (Å²) in [4.78, 5) is 3.42. The lowest BCUT2D eigenvalue weighted by molar-refractivity contribution is 0.0502. The fourth-order valence-electron chi connectivity index (χ4n) is 0.895. The zero-order chi connectivity index (χ0) is 10.7. The first-order valence-electron chi connectivity index (χ1n) is 3.63. The van der Waals surface area contributed by atoms with Gasteiger partial charge in [0, 0.05) is 5.56 Å². The molecule has 2 N–H and O–H groups in total. The average Bonchev–Trinajstić information content (AvgIpc) is 2.19. The van der Waals surface area contributed by atoms with E-state index in [4.69, 9.17) is 22.0 Å². The zero-order valence-electron chi connectivity index (χ0n) is 6.85. The molecule has 1 aromatic heterocycles. The maximum Gasteiger partial charge on any atom is 0.170 e. The van der Waals surface area contributed by atoms with Gasteiger partial charge in [-0.2, -0.15) is 5.26 Å². The normalized spacial score (nSPS) is 14.5. The van der Waals surface area contributed by atoms with Crippen LogP contribution in [-0.2, 0) is 0 Å². The van der Waals surface area contributed by atoms with Crippen molar-refractivity contribution in [2.45, 2.75) is 12.2 Å². The second kappa shape index (κ2) is 4.33. The van der Waals surface area contributed by atoms with E-state index in [1.165, 1.54) is 6.07 Å². The highest BCUT2D eigenvalue weighted by Gasteiger charge is 2.21. The predicted molar refractivity (Wildman–Crippen MR) is 45.8 cm³/mol. The van der Waals surface area contributed by atoms with Gasteiger partial charge in [0.25, 0.3) is 0 Å². The van der Waals surface area contributed by atoms with E-state index in [0.29, 0.717) is 0 Å². The Labute approximate surface area is 84.2 Å². The molecule has 0 aliphatic carbocycles. The number of hydrogen-bond acceptors (Lipinski definition) is 4. The van der Waals surface area contributed by atoms with Gasteiger partial charge in [-0.3, -0.25) is 0 Å². The van der Waals surface area contributed by atoms with E-state index in [1.807, 2.05) is 0 Å². The molecule has 4 nitrogen and oxygen atoms in total. The SMILES string of the molecule is N#CC(O)C(O)c1cc(Cl)ncc1F. The lowest BCUT2D eigenvalue weighted by atomic mass is 10.1. The van der Waals surface area contributed by atoms with Gasteiger partial charge in [0.2, 0.25) is 0 Å². The van der Waals surface area contributed by atoms with Gasteiger partial charge >= 0.3 is 0 Å². The lowest BCUT2D eigenvalue weighted by Crippen LogP contribution is -2.17. The number of nitriles is 1. The lowest BCUT2D eigenvalue weighted by Gasteiger charge is -2.12. The maximum absolute atomic E-state index is 13.0. The number of pyridine rings is 1. The standard InChI is InChI=1S/C8H6ClFN2O2/c9-7-1-4(5(10)3-12-7)8(14)6(13)2-11/h1,3,6,8,13-14H. The topological polar surface area (TPSA) is 77.1 Å². The van der Waals surface area contributed by atoms with Crippen LogP contribution in [0.4, 0.5) is 4.39 Å². The molecule has 0 radical (unpaired) electrons. The van der Waals surface area contributed by atoms with Crippen molar-refractivity contribution < 1.29 is 14.6 Å². The molecule has 2 unspecified atom stereocenters. The minimum atomic E-state index is -1.69. The third-order valence-electron chi connectivity index (χ3n) is 1.60. The molecule has 2 atom stereocenters. The van der Waals surface area contributed by atoms with Gasteiger partial charge in [-0.05, 0) is 6.07 Å². The van der Waals surface area contributed by atoms with E-state index < -0.39 is 18.0 Å². The summed E-state index contributed by atoms with van der Waals surface area (Å²) in [6.45, 7) is 0. The Balaban J connectivity index is 3.07. The highest BCUT2D eigenvalue weighted by Crippen LogP contribution is 2.21. The van der Waals surface area contributed by atoms with E-state index in [1.54, 1.807) is 0 Å².